The van der Waals surface area contributed by atoms with E-state index in [1.807, 2.05) is 27.7 Å². The van der Waals surface area contributed by atoms with Crippen molar-refractivity contribution < 1.29 is 23.9 Å². The molecule has 0 aromatic heterocycles. The van der Waals surface area contributed by atoms with Gasteiger partial charge in [0.15, 0.2) is 0 Å². The van der Waals surface area contributed by atoms with Crippen LogP contribution in [-0.2, 0) is 14.3 Å². The standard InChI is InChI=1S/C11H24NO2.C3H4O2.K.H/c1-9(8-12(5,6)7)14-10(13)11(2,3)4;1-2-3(4)5;;/h9H,8H2,1-7H3;2H,1H2,(H,4,5);;/q+1;;;. The maximum atomic E-state index is 11.5. The van der Waals surface area contributed by atoms with Crippen molar-refractivity contribution in [1.29, 1.82) is 0 Å². The van der Waals surface area contributed by atoms with Gasteiger partial charge in [-0.1, -0.05) is 6.58 Å². The van der Waals surface area contributed by atoms with E-state index in [0.717, 1.165) is 17.1 Å². The van der Waals surface area contributed by atoms with E-state index < -0.39 is 11.4 Å². The van der Waals surface area contributed by atoms with E-state index >= 15 is 0 Å². The molecule has 1 atom stereocenters. The van der Waals surface area contributed by atoms with Gasteiger partial charge >= 0.3 is 63.3 Å². The van der Waals surface area contributed by atoms with Gasteiger partial charge in [-0.25, -0.2) is 4.79 Å². The molecule has 0 heterocycles. The van der Waals surface area contributed by atoms with Crippen molar-refractivity contribution in [1.82, 2.24) is 0 Å². The number of carbonyl (C=O) groups excluding carboxylic acids is 1. The van der Waals surface area contributed by atoms with E-state index in [1.54, 1.807) is 0 Å². The van der Waals surface area contributed by atoms with Crippen LogP contribution in [0.25, 0.3) is 0 Å². The number of likely N-dealkylation sites (N-methyl/N-ethyl adjacent to an activating group) is 1. The summed E-state index contributed by atoms with van der Waals surface area (Å²) in [7, 11) is 6.25. The van der Waals surface area contributed by atoms with Gasteiger partial charge in [0, 0.05) is 6.08 Å². The van der Waals surface area contributed by atoms with Crippen LogP contribution in [0.2, 0.25) is 0 Å². The first kappa shape index (κ1) is 25.2. The van der Waals surface area contributed by atoms with Crippen molar-refractivity contribution in [2.45, 2.75) is 33.8 Å². The molecule has 0 fully saturated rings. The molecule has 1 N–H and O–H groups in total. The monoisotopic (exact) mass is 314 g/mol. The molecule has 1 unspecified atom stereocenters. The van der Waals surface area contributed by atoms with E-state index in [4.69, 9.17) is 9.84 Å². The molecule has 0 radical (unpaired) electrons. The first-order chi connectivity index (χ1) is 8.29. The summed E-state index contributed by atoms with van der Waals surface area (Å²) in [6.07, 6.45) is 0.807. The van der Waals surface area contributed by atoms with Gasteiger partial charge in [-0.05, 0) is 27.7 Å². The van der Waals surface area contributed by atoms with E-state index in [0.29, 0.717) is 0 Å². The summed E-state index contributed by atoms with van der Waals surface area (Å²) in [4.78, 5) is 20.8. The van der Waals surface area contributed by atoms with Crippen molar-refractivity contribution in [3.8, 4) is 0 Å². The molecule has 0 bridgehead atoms. The molecular formula is C14H29KNO4+. The van der Waals surface area contributed by atoms with Crippen LogP contribution >= 0.6 is 0 Å². The van der Waals surface area contributed by atoms with Crippen LogP contribution in [0, 0.1) is 5.41 Å². The number of rotatable bonds is 4. The minimum atomic E-state index is -0.981. The number of esters is 1. The summed E-state index contributed by atoms with van der Waals surface area (Å²) in [6.45, 7) is 11.3. The molecule has 0 saturated heterocycles. The van der Waals surface area contributed by atoms with Crippen LogP contribution in [0.5, 0.6) is 0 Å². The predicted octanol–water partition coefficient (Wildman–Crippen LogP) is 1.28. The minimum absolute atomic E-state index is 0. The van der Waals surface area contributed by atoms with E-state index in [1.165, 1.54) is 0 Å². The summed E-state index contributed by atoms with van der Waals surface area (Å²) in [5.74, 6) is -1.11. The summed E-state index contributed by atoms with van der Waals surface area (Å²) in [5.41, 5.74) is -0.404. The van der Waals surface area contributed by atoms with Crippen LogP contribution in [0.4, 0.5) is 0 Å². The third-order valence-corrected chi connectivity index (χ3v) is 1.90. The van der Waals surface area contributed by atoms with E-state index in [2.05, 4.69) is 27.7 Å². The number of aliphatic carboxylic acids is 1. The van der Waals surface area contributed by atoms with Crippen LogP contribution in [0.15, 0.2) is 12.7 Å². The van der Waals surface area contributed by atoms with Gasteiger partial charge in [0.1, 0.15) is 12.6 Å². The Morgan fingerprint density at radius 2 is 1.65 bits per heavy atom. The Morgan fingerprint density at radius 3 is 1.85 bits per heavy atom. The topological polar surface area (TPSA) is 63.6 Å². The molecule has 0 aromatic carbocycles. The first-order valence-corrected chi connectivity index (χ1v) is 6.16. The fourth-order valence-corrected chi connectivity index (χ4v) is 1.17. The van der Waals surface area contributed by atoms with Crippen LogP contribution in [0.1, 0.15) is 27.7 Å². The fraction of sp³-hybridized carbons (Fsp3) is 0.714. The maximum absolute atomic E-state index is 11.5. The van der Waals surface area contributed by atoms with Crippen molar-refractivity contribution >= 4 is 63.3 Å². The van der Waals surface area contributed by atoms with Crippen molar-refractivity contribution in [2.75, 3.05) is 27.7 Å². The van der Waals surface area contributed by atoms with Crippen molar-refractivity contribution in [3.63, 3.8) is 0 Å². The quantitative estimate of drug-likeness (QED) is 0.367. The second kappa shape index (κ2) is 10.9. The van der Waals surface area contributed by atoms with Crippen LogP contribution in [0.3, 0.4) is 0 Å². The van der Waals surface area contributed by atoms with Gasteiger partial charge in [0.05, 0.1) is 26.6 Å². The Bertz CT molecular complexity index is 316. The Morgan fingerprint density at radius 1 is 1.30 bits per heavy atom. The molecule has 0 aromatic rings. The molecule has 0 aliphatic rings. The second-order valence-electron chi connectivity index (χ2n) is 6.48. The van der Waals surface area contributed by atoms with Gasteiger partial charge in [-0.15, -0.1) is 0 Å². The van der Waals surface area contributed by atoms with Gasteiger partial charge < -0.3 is 14.3 Å². The first-order valence-electron chi connectivity index (χ1n) is 6.16. The fourth-order valence-electron chi connectivity index (χ4n) is 1.17. The molecule has 6 heteroatoms. The zero-order valence-electron chi connectivity index (χ0n) is 13.2. The third-order valence-electron chi connectivity index (χ3n) is 1.90. The van der Waals surface area contributed by atoms with Gasteiger partial charge in [0.25, 0.3) is 0 Å². The Hall–Kier alpha value is 0.276. The van der Waals surface area contributed by atoms with Crippen molar-refractivity contribution in [2.24, 2.45) is 5.41 Å². The predicted molar refractivity (Wildman–Crippen MR) is 82.9 cm³/mol. The summed E-state index contributed by atoms with van der Waals surface area (Å²) >= 11 is 0. The molecule has 0 spiro atoms. The molecule has 0 aliphatic heterocycles. The van der Waals surface area contributed by atoms with Crippen LogP contribution in [-0.4, -0.2) is 107 Å². The molecule has 20 heavy (non-hydrogen) atoms. The zero-order chi connectivity index (χ0) is 15.9. The van der Waals surface area contributed by atoms with Gasteiger partial charge in [-0.2, -0.15) is 0 Å². The average molecular weight is 314 g/mol. The molecule has 5 nitrogen and oxygen atoms in total. The molecule has 0 saturated carbocycles. The van der Waals surface area contributed by atoms with Gasteiger partial charge in [-0.3, -0.25) is 4.79 Å². The van der Waals surface area contributed by atoms with Crippen LogP contribution < -0.4 is 0 Å². The average Bonchev–Trinajstić information content (AvgIpc) is 2.13. The number of quaternary nitrogens is 1. The third kappa shape index (κ3) is 18.3. The zero-order valence-corrected chi connectivity index (χ0v) is 13.2. The van der Waals surface area contributed by atoms with E-state index in [9.17, 15) is 9.59 Å². The Balaban J connectivity index is -0.000000414. The molecule has 0 rings (SSSR count). The molecular weight excluding hydrogens is 285 g/mol. The number of ether oxygens (including phenoxy) is 1. The number of carboxylic acid groups (broad SMARTS) is 1. The summed E-state index contributed by atoms with van der Waals surface area (Å²) < 4.78 is 6.14. The normalized spacial score (nSPS) is 12.2. The second-order valence-corrected chi connectivity index (χ2v) is 6.48. The number of carboxylic acids is 1. The molecule has 0 aliphatic carbocycles. The SMILES string of the molecule is C=CC(=O)O.CC(C[N+](C)(C)C)OC(=O)C(C)(C)C.[KH]. The van der Waals surface area contributed by atoms with Gasteiger partial charge in [0.2, 0.25) is 0 Å². The Labute approximate surface area is 165 Å². The number of nitrogens with zero attached hydrogens (tertiary/aromatic N) is 1. The summed E-state index contributed by atoms with van der Waals surface area (Å²) in [6, 6.07) is 0. The summed E-state index contributed by atoms with van der Waals surface area (Å²) in [5, 5.41) is 7.60. The van der Waals surface area contributed by atoms with Crippen molar-refractivity contribution in [3.05, 3.63) is 12.7 Å². The number of hydrogen-bond acceptors (Lipinski definition) is 3. The van der Waals surface area contributed by atoms with E-state index in [-0.39, 0.29) is 63.5 Å². The molecule has 0 amide bonds. The number of hydrogen-bond donors (Lipinski definition) is 1. The Kier molecular flexibility index (Phi) is 13.8. The molecule has 114 valence electrons. The number of carbonyl (C=O) groups is 2.